The lowest BCUT2D eigenvalue weighted by Gasteiger charge is -2.18. The Morgan fingerprint density at radius 2 is 1.76 bits per heavy atom. The van der Waals surface area contributed by atoms with Crippen molar-refractivity contribution in [1.82, 2.24) is 0 Å². The molecule has 0 saturated carbocycles. The molecule has 2 aliphatic heterocycles. The highest BCUT2D eigenvalue weighted by Crippen LogP contribution is 2.41. The Morgan fingerprint density at radius 1 is 0.970 bits per heavy atom. The van der Waals surface area contributed by atoms with E-state index in [2.05, 4.69) is 58.8 Å². The number of halogens is 1. The Hall–Kier alpha value is -3.44. The topological polar surface area (TPSA) is 40.8 Å². The van der Waals surface area contributed by atoms with Crippen LogP contribution in [0.3, 0.4) is 0 Å². The molecule has 0 fully saturated rings. The lowest BCUT2D eigenvalue weighted by atomic mass is 9.95. The van der Waals surface area contributed by atoms with Crippen molar-refractivity contribution in [3.63, 3.8) is 0 Å². The quantitative estimate of drug-likeness (QED) is 0.296. The van der Waals surface area contributed by atoms with Gasteiger partial charge in [0.05, 0.1) is 18.1 Å². The summed E-state index contributed by atoms with van der Waals surface area (Å²) in [6.07, 6.45) is 4.60. The fourth-order valence-corrected chi connectivity index (χ4v) is 4.44. The van der Waals surface area contributed by atoms with Gasteiger partial charge in [0.2, 0.25) is 12.5 Å². The average molecular weight is 463 g/mol. The minimum Gasteiger partial charge on any atom is -0.493 e. The van der Waals surface area contributed by atoms with Crippen molar-refractivity contribution in [3.8, 4) is 34.3 Å². The fourth-order valence-electron chi connectivity index (χ4n) is 4.44. The molecule has 0 atom stereocenters. The fraction of sp³-hybridized carbons (Fsp3) is 0.222. The number of hydrogen-bond donors (Lipinski definition) is 0. The molecule has 0 radical (unpaired) electrons. The van der Waals surface area contributed by atoms with E-state index < -0.39 is 0 Å². The van der Waals surface area contributed by atoms with Crippen LogP contribution < -0.4 is 23.5 Å². The summed E-state index contributed by atoms with van der Waals surface area (Å²) in [6, 6.07) is 20.7. The SMILES string of the molecule is CCl.COc1ccc2cc3[n+](cc2c1OCc1ccccc1)CCc1cc2c(cc1-3)OCO2. The first-order valence-electron chi connectivity index (χ1n) is 10.8. The number of pyridine rings is 1. The van der Waals surface area contributed by atoms with E-state index >= 15 is 0 Å². The first-order chi connectivity index (χ1) is 16.3. The van der Waals surface area contributed by atoms with Gasteiger partial charge in [-0.1, -0.05) is 30.3 Å². The summed E-state index contributed by atoms with van der Waals surface area (Å²) >= 11 is 4.64. The molecule has 5 nitrogen and oxygen atoms in total. The minimum atomic E-state index is 0.290. The van der Waals surface area contributed by atoms with E-state index in [0.29, 0.717) is 6.61 Å². The highest BCUT2D eigenvalue weighted by Gasteiger charge is 2.28. The number of alkyl halides is 1. The van der Waals surface area contributed by atoms with Crippen molar-refractivity contribution < 1.29 is 23.5 Å². The molecule has 0 amide bonds. The molecule has 6 heteroatoms. The maximum Gasteiger partial charge on any atom is 0.231 e. The Bertz CT molecular complexity index is 1310. The molecule has 33 heavy (non-hydrogen) atoms. The van der Waals surface area contributed by atoms with Crippen LogP contribution in [0.5, 0.6) is 23.0 Å². The molecule has 3 aromatic carbocycles. The standard InChI is InChI=1S/C26H22NO4.CH3Cl/c1-28-23-8-7-18-11-22-20-13-25-24(30-16-31-25)12-19(20)9-10-27(22)14-21(18)26(23)29-15-17-5-3-2-4-6-17;1-2/h2-8,11-14H,9-10,15-16H2,1H3;1H3/q+1;. The van der Waals surface area contributed by atoms with E-state index in [9.17, 15) is 0 Å². The average Bonchev–Trinajstić information content (AvgIpc) is 3.34. The number of rotatable bonds is 4. The number of methoxy groups -OCH3 is 1. The second kappa shape index (κ2) is 9.20. The third kappa shape index (κ3) is 3.93. The Labute approximate surface area is 198 Å². The molecule has 1 aromatic heterocycles. The van der Waals surface area contributed by atoms with Gasteiger partial charge in [0.15, 0.2) is 35.7 Å². The van der Waals surface area contributed by atoms with Crippen molar-refractivity contribution in [2.24, 2.45) is 0 Å². The van der Waals surface area contributed by atoms with E-state index in [1.807, 2.05) is 24.3 Å². The maximum atomic E-state index is 6.27. The number of fused-ring (bicyclic) bond motifs is 5. The molecule has 6 rings (SSSR count). The van der Waals surface area contributed by atoms with Crippen molar-refractivity contribution in [3.05, 3.63) is 78.0 Å². The van der Waals surface area contributed by atoms with Gasteiger partial charge < -0.3 is 18.9 Å². The number of benzene rings is 3. The number of aryl methyl sites for hydroxylation is 2. The third-order valence-electron chi connectivity index (χ3n) is 6.02. The molecule has 0 unspecified atom stereocenters. The molecular formula is C27H25ClNO4+. The lowest BCUT2D eigenvalue weighted by Crippen LogP contribution is -2.40. The second-order valence-corrected chi connectivity index (χ2v) is 7.84. The molecule has 0 aliphatic carbocycles. The lowest BCUT2D eigenvalue weighted by molar-refractivity contribution is -0.686. The van der Waals surface area contributed by atoms with E-state index in [4.69, 9.17) is 18.9 Å². The van der Waals surface area contributed by atoms with Crippen LogP contribution in [0.1, 0.15) is 11.1 Å². The van der Waals surface area contributed by atoms with Crippen LogP contribution in [0.2, 0.25) is 0 Å². The first kappa shape index (κ1) is 21.4. The zero-order chi connectivity index (χ0) is 22.8. The zero-order valence-corrected chi connectivity index (χ0v) is 19.4. The summed E-state index contributed by atoms with van der Waals surface area (Å²) in [5.41, 5.74) is 4.78. The number of ether oxygens (including phenoxy) is 4. The summed E-state index contributed by atoms with van der Waals surface area (Å²) in [5.74, 6) is 3.17. The molecule has 4 aromatic rings. The maximum absolute atomic E-state index is 6.27. The van der Waals surface area contributed by atoms with Crippen LogP contribution in [-0.4, -0.2) is 20.3 Å². The first-order valence-corrected chi connectivity index (χ1v) is 11.6. The largest absolute Gasteiger partial charge is 0.493 e. The highest BCUT2D eigenvalue weighted by atomic mass is 35.5. The van der Waals surface area contributed by atoms with Gasteiger partial charge in [0.25, 0.3) is 0 Å². The van der Waals surface area contributed by atoms with Crippen molar-refractivity contribution in [1.29, 1.82) is 0 Å². The van der Waals surface area contributed by atoms with E-state index in [1.54, 1.807) is 7.11 Å². The molecule has 0 saturated heterocycles. The molecule has 0 spiro atoms. The zero-order valence-electron chi connectivity index (χ0n) is 18.6. The van der Waals surface area contributed by atoms with Gasteiger partial charge >= 0.3 is 0 Å². The van der Waals surface area contributed by atoms with Crippen molar-refractivity contribution in [2.75, 3.05) is 20.3 Å². The van der Waals surface area contributed by atoms with Gasteiger partial charge in [-0.15, -0.1) is 11.6 Å². The van der Waals surface area contributed by atoms with Gasteiger partial charge in [0, 0.05) is 18.9 Å². The summed E-state index contributed by atoms with van der Waals surface area (Å²) in [4.78, 5) is 0. The Kier molecular flexibility index (Phi) is 5.97. The van der Waals surface area contributed by atoms with Gasteiger partial charge in [-0.3, -0.25) is 0 Å². The van der Waals surface area contributed by atoms with Gasteiger partial charge in [-0.25, -0.2) is 0 Å². The third-order valence-corrected chi connectivity index (χ3v) is 6.02. The summed E-state index contributed by atoms with van der Waals surface area (Å²) in [5, 5.41) is 2.16. The molecule has 0 bridgehead atoms. The van der Waals surface area contributed by atoms with Crippen LogP contribution >= 0.6 is 11.6 Å². The molecular weight excluding hydrogens is 438 g/mol. The Balaban J connectivity index is 0.00000111. The van der Waals surface area contributed by atoms with Crippen LogP contribution in [0, 0.1) is 0 Å². The second-order valence-electron chi connectivity index (χ2n) is 7.84. The Morgan fingerprint density at radius 3 is 2.55 bits per heavy atom. The van der Waals surface area contributed by atoms with E-state index in [-0.39, 0.29) is 6.79 Å². The van der Waals surface area contributed by atoms with E-state index in [0.717, 1.165) is 52.3 Å². The van der Waals surface area contributed by atoms with Gasteiger partial charge in [-0.2, -0.15) is 4.57 Å². The van der Waals surface area contributed by atoms with Gasteiger partial charge in [0.1, 0.15) is 6.61 Å². The molecule has 168 valence electrons. The van der Waals surface area contributed by atoms with E-state index in [1.165, 1.54) is 23.2 Å². The molecule has 3 heterocycles. The van der Waals surface area contributed by atoms with Crippen molar-refractivity contribution >= 4 is 22.4 Å². The number of nitrogens with zero attached hydrogens (tertiary/aromatic N) is 1. The smallest absolute Gasteiger partial charge is 0.231 e. The summed E-state index contributed by atoms with van der Waals surface area (Å²) in [6.45, 7) is 1.68. The molecule has 0 N–H and O–H groups in total. The summed E-state index contributed by atoms with van der Waals surface area (Å²) in [7, 11) is 1.68. The van der Waals surface area contributed by atoms with Crippen LogP contribution in [0.25, 0.3) is 22.0 Å². The minimum absolute atomic E-state index is 0.290. The number of hydrogen-bond acceptors (Lipinski definition) is 4. The highest BCUT2D eigenvalue weighted by molar-refractivity contribution is 6.15. The predicted molar refractivity (Wildman–Crippen MR) is 129 cm³/mol. The monoisotopic (exact) mass is 462 g/mol. The normalized spacial score (nSPS) is 12.9. The predicted octanol–water partition coefficient (Wildman–Crippen LogP) is 5.52. The van der Waals surface area contributed by atoms with Crippen LogP contribution in [0.4, 0.5) is 0 Å². The molecule has 2 aliphatic rings. The van der Waals surface area contributed by atoms with Crippen molar-refractivity contribution in [2.45, 2.75) is 19.6 Å². The van der Waals surface area contributed by atoms with Crippen LogP contribution in [-0.2, 0) is 19.6 Å². The number of aromatic nitrogens is 1. The van der Waals surface area contributed by atoms with Crippen LogP contribution in [0.15, 0.2) is 66.9 Å². The van der Waals surface area contributed by atoms with Gasteiger partial charge in [-0.05, 0) is 40.8 Å². The summed E-state index contributed by atoms with van der Waals surface area (Å²) < 4.78 is 25.4.